The van der Waals surface area contributed by atoms with E-state index < -0.39 is 5.41 Å². The highest BCUT2D eigenvalue weighted by Gasteiger charge is 2.30. The maximum absolute atomic E-state index is 12.1. The standard InChI is InChI=1S/C57H64N4O/c1-53(2,3)37-25-26-49(40(29-37)35-21-17-16-18-22-35)61-50-24-20-19-23-46(50)60-52(61)41-27-36(28-44(43(41)34-58)56(10,11)12)47-32-39(55(7,8)9)33-48(59-47)42-30-38(54(4,5)6)31-45(51(42)62)57(13,14)15/h16-33,62H,1-15H3. The molecule has 2 aromatic heterocycles. The van der Waals surface area contributed by atoms with E-state index in [0.29, 0.717) is 22.6 Å². The number of pyridine rings is 1. The molecule has 0 saturated carbocycles. The number of aromatic hydroxyl groups is 1. The average Bonchev–Trinajstić information content (AvgIpc) is 3.57. The van der Waals surface area contributed by atoms with Gasteiger partial charge in [0.15, 0.2) is 0 Å². The van der Waals surface area contributed by atoms with E-state index in [0.717, 1.165) is 66.9 Å². The van der Waals surface area contributed by atoms with Crippen LogP contribution in [-0.2, 0) is 27.1 Å². The predicted molar refractivity (Wildman–Crippen MR) is 260 cm³/mol. The number of nitrogens with zero attached hydrogens (tertiary/aromatic N) is 4. The van der Waals surface area contributed by atoms with Gasteiger partial charge in [-0.25, -0.2) is 9.97 Å². The van der Waals surface area contributed by atoms with Gasteiger partial charge >= 0.3 is 0 Å². The molecule has 0 bridgehead atoms. The van der Waals surface area contributed by atoms with Gasteiger partial charge in [-0.15, -0.1) is 0 Å². The van der Waals surface area contributed by atoms with Gasteiger partial charge in [-0.3, -0.25) is 4.57 Å². The van der Waals surface area contributed by atoms with Crippen molar-refractivity contribution >= 4 is 11.0 Å². The second kappa shape index (κ2) is 15.4. The van der Waals surface area contributed by atoms with Crippen LogP contribution in [0, 0.1) is 11.3 Å². The second-order valence-corrected chi connectivity index (χ2v) is 22.2. The smallest absolute Gasteiger partial charge is 0.147 e. The Hall–Kier alpha value is -5.99. The minimum Gasteiger partial charge on any atom is -0.507 e. The van der Waals surface area contributed by atoms with Crippen molar-refractivity contribution in [1.29, 1.82) is 5.26 Å². The second-order valence-electron chi connectivity index (χ2n) is 22.2. The van der Waals surface area contributed by atoms with E-state index in [1.54, 1.807) is 0 Å². The highest BCUT2D eigenvalue weighted by molar-refractivity contribution is 5.89. The molecule has 0 amide bonds. The number of para-hydroxylation sites is 2. The Labute approximate surface area is 370 Å². The molecule has 0 radical (unpaired) electrons. The fourth-order valence-corrected chi connectivity index (χ4v) is 8.26. The summed E-state index contributed by atoms with van der Waals surface area (Å²) in [6, 6.07) is 41.0. The summed E-state index contributed by atoms with van der Waals surface area (Å²) >= 11 is 0. The lowest BCUT2D eigenvalue weighted by molar-refractivity contribution is 0.446. The number of phenols is 1. The zero-order chi connectivity index (χ0) is 45.3. The SMILES string of the molecule is CC(C)(C)c1cc(-c2cc(-c3nc4ccccc4n3-c3ccc(C(C)(C)C)cc3-c3ccccc3)c(C#N)c(C(C)(C)C)c2)nc(-c2cc(C(C)(C)C)cc(C(C)(C)C)c2O)c1. The number of hydrogen-bond acceptors (Lipinski definition) is 4. The Morgan fingerprint density at radius 3 is 1.65 bits per heavy atom. The van der Waals surface area contributed by atoms with Gasteiger partial charge in [0.1, 0.15) is 17.6 Å². The fourth-order valence-electron chi connectivity index (χ4n) is 8.26. The van der Waals surface area contributed by atoms with Crippen LogP contribution in [-0.4, -0.2) is 19.6 Å². The zero-order valence-electron chi connectivity index (χ0n) is 39.6. The zero-order valence-corrected chi connectivity index (χ0v) is 39.6. The van der Waals surface area contributed by atoms with E-state index >= 15 is 0 Å². The van der Waals surface area contributed by atoms with E-state index in [1.165, 1.54) is 5.56 Å². The van der Waals surface area contributed by atoms with Crippen molar-refractivity contribution in [1.82, 2.24) is 14.5 Å². The molecular formula is C57H64N4O. The summed E-state index contributed by atoms with van der Waals surface area (Å²) in [7, 11) is 0. The van der Waals surface area contributed by atoms with Crippen LogP contribution >= 0.6 is 0 Å². The molecule has 0 atom stereocenters. The largest absolute Gasteiger partial charge is 0.507 e. The van der Waals surface area contributed by atoms with Crippen LogP contribution in [0.5, 0.6) is 5.75 Å². The molecule has 2 heterocycles. The molecule has 0 unspecified atom stereocenters. The lowest BCUT2D eigenvalue weighted by Gasteiger charge is -2.28. The van der Waals surface area contributed by atoms with Crippen molar-refractivity contribution in [3.8, 4) is 62.5 Å². The van der Waals surface area contributed by atoms with Gasteiger partial charge in [0.25, 0.3) is 0 Å². The summed E-state index contributed by atoms with van der Waals surface area (Å²) in [5, 5.41) is 23.3. The topological polar surface area (TPSA) is 74.7 Å². The van der Waals surface area contributed by atoms with Crippen LogP contribution in [0.25, 0.3) is 61.8 Å². The van der Waals surface area contributed by atoms with Crippen LogP contribution < -0.4 is 0 Å². The summed E-state index contributed by atoms with van der Waals surface area (Å²) in [4.78, 5) is 10.8. The third-order valence-corrected chi connectivity index (χ3v) is 12.1. The highest BCUT2D eigenvalue weighted by Crippen LogP contribution is 2.45. The maximum atomic E-state index is 12.1. The molecule has 318 valence electrons. The number of phenolic OH excluding ortho intramolecular Hbond substituents is 1. The molecule has 1 N–H and O–H groups in total. The molecule has 0 spiro atoms. The van der Waals surface area contributed by atoms with E-state index in [9.17, 15) is 10.4 Å². The van der Waals surface area contributed by atoms with E-state index in [2.05, 4.69) is 205 Å². The van der Waals surface area contributed by atoms with Crippen molar-refractivity contribution in [2.75, 3.05) is 0 Å². The Balaban J connectivity index is 1.58. The normalized spacial score (nSPS) is 12.8. The van der Waals surface area contributed by atoms with E-state index in [4.69, 9.17) is 9.97 Å². The number of nitriles is 1. The molecule has 0 aliphatic carbocycles. The Kier molecular flexibility index (Phi) is 11.0. The van der Waals surface area contributed by atoms with Crippen LogP contribution in [0.4, 0.5) is 0 Å². The number of hydrogen-bond donors (Lipinski definition) is 1. The average molecular weight is 821 g/mol. The first kappa shape index (κ1) is 44.1. The molecule has 5 heteroatoms. The molecular weight excluding hydrogens is 757 g/mol. The van der Waals surface area contributed by atoms with Gasteiger partial charge in [0.05, 0.1) is 33.7 Å². The summed E-state index contributed by atoms with van der Waals surface area (Å²) in [6.07, 6.45) is 0. The van der Waals surface area contributed by atoms with E-state index in [1.807, 2.05) is 18.2 Å². The number of fused-ring (bicyclic) bond motifs is 1. The van der Waals surface area contributed by atoms with Crippen LogP contribution in [0.3, 0.4) is 0 Å². The first-order valence-electron chi connectivity index (χ1n) is 22.0. The third-order valence-electron chi connectivity index (χ3n) is 12.1. The van der Waals surface area contributed by atoms with Crippen molar-refractivity contribution in [2.45, 2.75) is 131 Å². The summed E-state index contributed by atoms with van der Waals surface area (Å²) in [5.74, 6) is 0.944. The van der Waals surface area contributed by atoms with Crippen molar-refractivity contribution in [3.63, 3.8) is 0 Å². The quantitative estimate of drug-likeness (QED) is 0.188. The lowest BCUT2D eigenvalue weighted by atomic mass is 9.78. The number of aromatic nitrogens is 3. The van der Waals surface area contributed by atoms with Crippen LogP contribution in [0.2, 0.25) is 0 Å². The van der Waals surface area contributed by atoms with Gasteiger partial charge < -0.3 is 5.11 Å². The lowest BCUT2D eigenvalue weighted by Crippen LogP contribution is -2.17. The number of imidazole rings is 1. The van der Waals surface area contributed by atoms with Gasteiger partial charge in [0.2, 0.25) is 0 Å². The first-order valence-corrected chi connectivity index (χ1v) is 22.0. The fraction of sp³-hybridized carbons (Fsp3) is 0.351. The van der Waals surface area contributed by atoms with Crippen molar-refractivity contribution in [3.05, 3.63) is 143 Å². The highest BCUT2D eigenvalue weighted by atomic mass is 16.3. The third kappa shape index (κ3) is 8.45. The molecule has 0 aliphatic heterocycles. The molecule has 5 nitrogen and oxygen atoms in total. The molecule has 7 rings (SSSR count). The van der Waals surface area contributed by atoms with Gasteiger partial charge in [0, 0.05) is 27.8 Å². The number of benzene rings is 5. The van der Waals surface area contributed by atoms with Gasteiger partial charge in [-0.05, 0) is 109 Å². The Morgan fingerprint density at radius 2 is 1.05 bits per heavy atom. The summed E-state index contributed by atoms with van der Waals surface area (Å²) in [5.41, 5.74) is 13.5. The maximum Gasteiger partial charge on any atom is 0.147 e. The number of rotatable bonds is 5. The summed E-state index contributed by atoms with van der Waals surface area (Å²) in [6.45, 7) is 32.9. The molecule has 5 aromatic carbocycles. The molecule has 0 fully saturated rings. The van der Waals surface area contributed by atoms with Crippen molar-refractivity contribution in [2.24, 2.45) is 0 Å². The van der Waals surface area contributed by atoms with Crippen LogP contribution in [0.1, 0.15) is 137 Å². The van der Waals surface area contributed by atoms with Crippen LogP contribution in [0.15, 0.2) is 109 Å². The minimum absolute atomic E-state index is 0.0710. The van der Waals surface area contributed by atoms with Gasteiger partial charge in [-0.2, -0.15) is 5.26 Å². The molecule has 0 saturated heterocycles. The summed E-state index contributed by atoms with van der Waals surface area (Å²) < 4.78 is 2.24. The van der Waals surface area contributed by atoms with Crippen molar-refractivity contribution < 1.29 is 5.11 Å². The Morgan fingerprint density at radius 1 is 0.484 bits per heavy atom. The molecule has 0 aliphatic rings. The Bertz CT molecular complexity index is 2870. The monoisotopic (exact) mass is 821 g/mol. The first-order chi connectivity index (χ1) is 28.8. The molecule has 62 heavy (non-hydrogen) atoms. The van der Waals surface area contributed by atoms with Gasteiger partial charge in [-0.1, -0.05) is 158 Å². The minimum atomic E-state index is -0.401. The molecule has 7 aromatic rings. The predicted octanol–water partition coefficient (Wildman–Crippen LogP) is 15.2. The van der Waals surface area contributed by atoms with E-state index in [-0.39, 0.29) is 27.4 Å².